The highest BCUT2D eigenvalue weighted by Gasteiger charge is 2.00. The van der Waals surface area contributed by atoms with Crippen molar-refractivity contribution in [1.29, 1.82) is 0 Å². The summed E-state index contributed by atoms with van der Waals surface area (Å²) >= 11 is 0. The Morgan fingerprint density at radius 3 is 2.57 bits per heavy atom. The van der Waals surface area contributed by atoms with Crippen LogP contribution in [0.2, 0.25) is 0 Å². The SMILES string of the molecule is Nc1cccnc1Cc1ccncc1. The van der Waals surface area contributed by atoms with Crippen molar-refractivity contribution in [2.45, 2.75) is 6.42 Å². The van der Waals surface area contributed by atoms with Gasteiger partial charge >= 0.3 is 0 Å². The van der Waals surface area contributed by atoms with Crippen LogP contribution in [0.15, 0.2) is 42.9 Å². The van der Waals surface area contributed by atoms with Crippen molar-refractivity contribution < 1.29 is 0 Å². The van der Waals surface area contributed by atoms with E-state index in [2.05, 4.69) is 9.97 Å². The molecule has 0 spiro atoms. The van der Waals surface area contributed by atoms with Crippen LogP contribution >= 0.6 is 0 Å². The first-order chi connectivity index (χ1) is 6.86. The minimum absolute atomic E-state index is 0.740. The number of hydrogen-bond donors (Lipinski definition) is 1. The summed E-state index contributed by atoms with van der Waals surface area (Å²) in [6.07, 6.45) is 6.06. The van der Waals surface area contributed by atoms with E-state index in [0.717, 1.165) is 17.8 Å². The number of anilines is 1. The molecular formula is C11H11N3. The lowest BCUT2D eigenvalue weighted by Crippen LogP contribution is -1.98. The third-order valence-corrected chi connectivity index (χ3v) is 2.05. The second kappa shape index (κ2) is 3.87. The van der Waals surface area contributed by atoms with E-state index in [9.17, 15) is 0 Å². The van der Waals surface area contributed by atoms with Gasteiger partial charge in [0.05, 0.1) is 11.4 Å². The molecule has 2 aromatic heterocycles. The standard InChI is InChI=1S/C11H11N3/c12-10-2-1-5-14-11(10)8-9-3-6-13-7-4-9/h1-7H,8,12H2. The normalized spacial score (nSPS) is 10.0. The van der Waals surface area contributed by atoms with Gasteiger partial charge in [0.1, 0.15) is 0 Å². The zero-order valence-corrected chi connectivity index (χ0v) is 7.72. The van der Waals surface area contributed by atoms with Gasteiger partial charge in [-0.25, -0.2) is 0 Å². The molecule has 14 heavy (non-hydrogen) atoms. The molecular weight excluding hydrogens is 174 g/mol. The Morgan fingerprint density at radius 1 is 1.07 bits per heavy atom. The van der Waals surface area contributed by atoms with Gasteiger partial charge in [-0.15, -0.1) is 0 Å². The summed E-state index contributed by atoms with van der Waals surface area (Å²) in [6.45, 7) is 0. The second-order valence-electron chi connectivity index (χ2n) is 3.07. The van der Waals surface area contributed by atoms with Crippen LogP contribution in [-0.4, -0.2) is 9.97 Å². The molecule has 0 atom stereocenters. The number of nitrogens with two attached hydrogens (primary N) is 1. The molecule has 3 nitrogen and oxygen atoms in total. The van der Waals surface area contributed by atoms with Crippen molar-refractivity contribution in [2.75, 3.05) is 5.73 Å². The summed E-state index contributed by atoms with van der Waals surface area (Å²) in [4.78, 5) is 8.19. The number of aromatic nitrogens is 2. The summed E-state index contributed by atoms with van der Waals surface area (Å²) in [5.41, 5.74) is 8.62. The molecule has 2 aromatic rings. The van der Waals surface area contributed by atoms with Gasteiger partial charge in [-0.1, -0.05) is 0 Å². The quantitative estimate of drug-likeness (QED) is 0.774. The van der Waals surface area contributed by atoms with E-state index in [1.807, 2.05) is 24.3 Å². The Labute approximate surface area is 82.6 Å². The lowest BCUT2D eigenvalue weighted by molar-refractivity contribution is 1.07. The predicted molar refractivity (Wildman–Crippen MR) is 55.7 cm³/mol. The van der Waals surface area contributed by atoms with Gasteiger partial charge in [0.2, 0.25) is 0 Å². The van der Waals surface area contributed by atoms with Gasteiger partial charge < -0.3 is 5.73 Å². The molecule has 2 heterocycles. The van der Waals surface area contributed by atoms with Crippen LogP contribution in [0.25, 0.3) is 0 Å². The Bertz CT molecular complexity index is 412. The van der Waals surface area contributed by atoms with Gasteiger partial charge in [0.25, 0.3) is 0 Å². The molecule has 0 aromatic carbocycles. The average molecular weight is 185 g/mol. The fourth-order valence-electron chi connectivity index (χ4n) is 1.29. The van der Waals surface area contributed by atoms with E-state index in [0.29, 0.717) is 0 Å². The van der Waals surface area contributed by atoms with Crippen LogP contribution in [0.5, 0.6) is 0 Å². The minimum Gasteiger partial charge on any atom is -0.397 e. The van der Waals surface area contributed by atoms with Crippen molar-refractivity contribution in [3.63, 3.8) is 0 Å². The zero-order valence-electron chi connectivity index (χ0n) is 7.72. The smallest absolute Gasteiger partial charge is 0.0676 e. The Morgan fingerprint density at radius 2 is 1.86 bits per heavy atom. The van der Waals surface area contributed by atoms with Crippen LogP contribution in [0.3, 0.4) is 0 Å². The highest BCUT2D eigenvalue weighted by molar-refractivity contribution is 5.43. The maximum atomic E-state index is 5.79. The molecule has 0 aliphatic rings. The number of rotatable bonds is 2. The third kappa shape index (κ3) is 1.88. The minimum atomic E-state index is 0.740. The molecule has 0 radical (unpaired) electrons. The van der Waals surface area contributed by atoms with E-state index in [1.54, 1.807) is 18.6 Å². The zero-order chi connectivity index (χ0) is 9.80. The van der Waals surface area contributed by atoms with Crippen molar-refractivity contribution >= 4 is 5.69 Å². The molecule has 0 saturated carbocycles. The average Bonchev–Trinajstić information content (AvgIpc) is 2.23. The van der Waals surface area contributed by atoms with Crippen molar-refractivity contribution in [1.82, 2.24) is 9.97 Å². The highest BCUT2D eigenvalue weighted by atomic mass is 14.7. The molecule has 0 amide bonds. The van der Waals surface area contributed by atoms with Gasteiger partial charge in [-0.05, 0) is 29.8 Å². The monoisotopic (exact) mass is 185 g/mol. The van der Waals surface area contributed by atoms with E-state index < -0.39 is 0 Å². The molecule has 0 bridgehead atoms. The third-order valence-electron chi connectivity index (χ3n) is 2.05. The van der Waals surface area contributed by atoms with Crippen LogP contribution < -0.4 is 5.73 Å². The maximum Gasteiger partial charge on any atom is 0.0676 e. The lowest BCUT2D eigenvalue weighted by Gasteiger charge is -2.03. The van der Waals surface area contributed by atoms with E-state index >= 15 is 0 Å². The van der Waals surface area contributed by atoms with Crippen molar-refractivity contribution in [3.8, 4) is 0 Å². The largest absolute Gasteiger partial charge is 0.397 e. The molecule has 2 N–H and O–H groups in total. The fourth-order valence-corrected chi connectivity index (χ4v) is 1.29. The molecule has 2 rings (SSSR count). The van der Waals surface area contributed by atoms with Crippen molar-refractivity contribution in [2.24, 2.45) is 0 Å². The summed E-state index contributed by atoms with van der Waals surface area (Å²) in [6, 6.07) is 7.64. The Kier molecular flexibility index (Phi) is 2.40. The molecule has 0 saturated heterocycles. The van der Waals surface area contributed by atoms with Gasteiger partial charge in [0.15, 0.2) is 0 Å². The first kappa shape index (κ1) is 8.69. The first-order valence-electron chi connectivity index (χ1n) is 4.44. The van der Waals surface area contributed by atoms with E-state index in [1.165, 1.54) is 5.56 Å². The first-order valence-corrected chi connectivity index (χ1v) is 4.44. The number of nitrogen functional groups attached to an aromatic ring is 1. The van der Waals surface area contributed by atoms with Gasteiger partial charge in [0, 0.05) is 25.0 Å². The van der Waals surface area contributed by atoms with Crippen LogP contribution in [0.1, 0.15) is 11.3 Å². The molecule has 0 aliphatic heterocycles. The Balaban J connectivity index is 2.24. The van der Waals surface area contributed by atoms with E-state index in [4.69, 9.17) is 5.73 Å². The van der Waals surface area contributed by atoms with Crippen LogP contribution in [-0.2, 0) is 6.42 Å². The predicted octanol–water partition coefficient (Wildman–Crippen LogP) is 1.65. The molecule has 0 fully saturated rings. The number of hydrogen-bond acceptors (Lipinski definition) is 3. The summed E-state index contributed by atoms with van der Waals surface area (Å²) in [7, 11) is 0. The van der Waals surface area contributed by atoms with E-state index in [-0.39, 0.29) is 0 Å². The second-order valence-corrected chi connectivity index (χ2v) is 3.07. The molecule has 0 unspecified atom stereocenters. The topological polar surface area (TPSA) is 51.8 Å². The molecule has 3 heteroatoms. The summed E-state index contributed by atoms with van der Waals surface area (Å²) in [5, 5.41) is 0. The maximum absolute atomic E-state index is 5.79. The molecule has 70 valence electrons. The fraction of sp³-hybridized carbons (Fsp3) is 0.0909. The van der Waals surface area contributed by atoms with Gasteiger partial charge in [-0.2, -0.15) is 0 Å². The highest BCUT2D eigenvalue weighted by Crippen LogP contribution is 2.12. The summed E-state index contributed by atoms with van der Waals surface area (Å²) < 4.78 is 0. The molecule has 0 aliphatic carbocycles. The van der Waals surface area contributed by atoms with Crippen molar-refractivity contribution in [3.05, 3.63) is 54.1 Å². The van der Waals surface area contributed by atoms with Gasteiger partial charge in [-0.3, -0.25) is 9.97 Å². The summed E-state index contributed by atoms with van der Waals surface area (Å²) in [5.74, 6) is 0. The number of pyridine rings is 2. The van der Waals surface area contributed by atoms with Crippen LogP contribution in [0, 0.1) is 0 Å². The Hall–Kier alpha value is -1.90. The lowest BCUT2D eigenvalue weighted by atomic mass is 10.1. The number of nitrogens with zero attached hydrogens (tertiary/aromatic N) is 2. The van der Waals surface area contributed by atoms with Crippen LogP contribution in [0.4, 0.5) is 5.69 Å².